The number of hydrogen-bond donors (Lipinski definition) is 1. The number of hydrogen-bond acceptors (Lipinski definition) is 5. The summed E-state index contributed by atoms with van der Waals surface area (Å²) in [7, 11) is 1.40. The van der Waals surface area contributed by atoms with Crippen LogP contribution < -0.4 is 10.1 Å². The lowest BCUT2D eigenvalue weighted by molar-refractivity contribution is -0.115. The zero-order chi connectivity index (χ0) is 16.8. The van der Waals surface area contributed by atoms with Gasteiger partial charge in [-0.05, 0) is 30.5 Å². The van der Waals surface area contributed by atoms with Gasteiger partial charge in [0.25, 0.3) is 0 Å². The van der Waals surface area contributed by atoms with Crippen LogP contribution in [-0.4, -0.2) is 23.2 Å². The maximum absolute atomic E-state index is 13.6. The van der Waals surface area contributed by atoms with Gasteiger partial charge in [-0.25, -0.2) is 4.39 Å². The number of aromatic nitrogens is 2. The fraction of sp³-hybridized carbons (Fsp3) is 0.438. The number of carbonyl (C=O) groups is 1. The van der Waals surface area contributed by atoms with Crippen LogP contribution in [0, 0.1) is 5.82 Å². The summed E-state index contributed by atoms with van der Waals surface area (Å²) in [4.78, 5) is 12.0. The van der Waals surface area contributed by atoms with E-state index in [9.17, 15) is 9.18 Å². The van der Waals surface area contributed by atoms with Gasteiger partial charge in [0.15, 0.2) is 11.6 Å². The predicted octanol–water partition coefficient (Wildman–Crippen LogP) is 3.77. The third-order valence-electron chi connectivity index (χ3n) is 3.60. The number of nitrogens with zero attached hydrogens (tertiary/aromatic N) is 2. The van der Waals surface area contributed by atoms with Crippen LogP contribution >= 0.6 is 11.3 Å². The summed E-state index contributed by atoms with van der Waals surface area (Å²) in [6.45, 7) is 4.21. The van der Waals surface area contributed by atoms with Gasteiger partial charge in [0, 0.05) is 5.92 Å². The van der Waals surface area contributed by atoms with E-state index in [-0.39, 0.29) is 18.1 Å². The van der Waals surface area contributed by atoms with Gasteiger partial charge in [0.05, 0.1) is 13.5 Å². The van der Waals surface area contributed by atoms with E-state index in [1.807, 2.05) is 0 Å². The molecule has 0 aliphatic heterocycles. The van der Waals surface area contributed by atoms with Gasteiger partial charge in [0.2, 0.25) is 11.0 Å². The van der Waals surface area contributed by atoms with Crippen LogP contribution in [0.2, 0.25) is 0 Å². The SMILES string of the molecule is CCC(CC)c1nnc(NC(=O)Cc2ccc(OC)c(F)c2)s1. The lowest BCUT2D eigenvalue weighted by atomic mass is 10.1. The molecule has 5 nitrogen and oxygen atoms in total. The van der Waals surface area contributed by atoms with E-state index in [2.05, 4.69) is 29.4 Å². The Morgan fingerprint density at radius 3 is 2.70 bits per heavy atom. The van der Waals surface area contributed by atoms with E-state index in [0.717, 1.165) is 17.8 Å². The number of benzene rings is 1. The minimum absolute atomic E-state index is 0.0702. The normalized spacial score (nSPS) is 10.8. The van der Waals surface area contributed by atoms with Crippen molar-refractivity contribution in [1.82, 2.24) is 10.2 Å². The minimum Gasteiger partial charge on any atom is -0.494 e. The van der Waals surface area contributed by atoms with Crippen molar-refractivity contribution in [3.8, 4) is 5.75 Å². The average Bonchev–Trinajstić information content (AvgIpc) is 2.97. The van der Waals surface area contributed by atoms with Gasteiger partial charge in [0.1, 0.15) is 5.01 Å². The van der Waals surface area contributed by atoms with Crippen molar-refractivity contribution in [2.24, 2.45) is 0 Å². The van der Waals surface area contributed by atoms with Crippen LogP contribution in [0.3, 0.4) is 0 Å². The summed E-state index contributed by atoms with van der Waals surface area (Å²) in [5.74, 6) is -0.200. The molecule has 2 aromatic rings. The number of anilines is 1. The Hall–Kier alpha value is -2.02. The molecule has 0 unspecified atom stereocenters. The van der Waals surface area contributed by atoms with Crippen LogP contribution in [0.5, 0.6) is 5.75 Å². The summed E-state index contributed by atoms with van der Waals surface area (Å²) in [5, 5.41) is 12.3. The monoisotopic (exact) mass is 337 g/mol. The van der Waals surface area contributed by atoms with Gasteiger partial charge in [-0.3, -0.25) is 4.79 Å². The van der Waals surface area contributed by atoms with Crippen molar-refractivity contribution < 1.29 is 13.9 Å². The fourth-order valence-corrected chi connectivity index (χ4v) is 3.28. The van der Waals surface area contributed by atoms with Crippen LogP contribution in [-0.2, 0) is 11.2 Å². The Bertz CT molecular complexity index is 671. The molecular formula is C16H20FN3O2S. The van der Waals surface area contributed by atoms with E-state index >= 15 is 0 Å². The molecule has 1 aromatic heterocycles. The third kappa shape index (κ3) is 4.48. The molecule has 0 fully saturated rings. The van der Waals surface area contributed by atoms with E-state index in [1.54, 1.807) is 6.07 Å². The molecule has 124 valence electrons. The lowest BCUT2D eigenvalue weighted by Gasteiger charge is -2.06. The molecule has 0 saturated carbocycles. The molecule has 0 aliphatic carbocycles. The Labute approximate surface area is 138 Å². The van der Waals surface area contributed by atoms with Crippen molar-refractivity contribution in [3.63, 3.8) is 0 Å². The second kappa shape index (κ2) is 8.01. The number of halogens is 1. The molecule has 1 amide bonds. The molecule has 2 rings (SSSR count). The molecule has 0 radical (unpaired) electrons. The fourth-order valence-electron chi connectivity index (χ4n) is 2.26. The number of nitrogens with one attached hydrogen (secondary N) is 1. The smallest absolute Gasteiger partial charge is 0.230 e. The first-order valence-corrected chi connectivity index (χ1v) is 8.34. The van der Waals surface area contributed by atoms with E-state index in [4.69, 9.17) is 4.74 Å². The standard InChI is InChI=1S/C16H20FN3O2S/c1-4-11(5-2)15-19-20-16(23-15)18-14(21)9-10-6-7-13(22-3)12(17)8-10/h6-8,11H,4-5,9H2,1-3H3,(H,18,20,21). The topological polar surface area (TPSA) is 64.1 Å². The highest BCUT2D eigenvalue weighted by Crippen LogP contribution is 2.28. The van der Waals surface area contributed by atoms with Crippen molar-refractivity contribution in [1.29, 1.82) is 0 Å². The van der Waals surface area contributed by atoms with Gasteiger partial charge in [-0.15, -0.1) is 10.2 Å². The molecule has 7 heteroatoms. The maximum atomic E-state index is 13.6. The first kappa shape index (κ1) is 17.3. The van der Waals surface area contributed by atoms with Crippen molar-refractivity contribution >= 4 is 22.4 Å². The van der Waals surface area contributed by atoms with Crippen molar-refractivity contribution in [2.75, 3.05) is 12.4 Å². The van der Waals surface area contributed by atoms with Crippen LogP contribution in [0.15, 0.2) is 18.2 Å². The van der Waals surface area contributed by atoms with E-state index in [1.165, 1.54) is 30.6 Å². The van der Waals surface area contributed by atoms with Gasteiger partial charge < -0.3 is 10.1 Å². The second-order valence-electron chi connectivity index (χ2n) is 5.15. The molecule has 0 bridgehead atoms. The van der Waals surface area contributed by atoms with Crippen molar-refractivity contribution in [2.45, 2.75) is 39.0 Å². The quantitative estimate of drug-likeness (QED) is 0.835. The van der Waals surface area contributed by atoms with Crippen LogP contribution in [0.1, 0.15) is 43.2 Å². The molecule has 1 N–H and O–H groups in total. The molecule has 0 aliphatic rings. The first-order valence-electron chi connectivity index (χ1n) is 7.53. The number of methoxy groups -OCH3 is 1. The Morgan fingerprint density at radius 2 is 2.09 bits per heavy atom. The predicted molar refractivity (Wildman–Crippen MR) is 88.5 cm³/mol. The number of amides is 1. The zero-order valence-electron chi connectivity index (χ0n) is 13.4. The second-order valence-corrected chi connectivity index (χ2v) is 6.16. The average molecular weight is 337 g/mol. The van der Waals surface area contributed by atoms with Crippen LogP contribution in [0.4, 0.5) is 9.52 Å². The van der Waals surface area contributed by atoms with Crippen LogP contribution in [0.25, 0.3) is 0 Å². The van der Waals surface area contributed by atoms with Gasteiger partial charge in [-0.2, -0.15) is 0 Å². The number of ether oxygens (including phenoxy) is 1. The first-order chi connectivity index (χ1) is 11.1. The van der Waals surface area contributed by atoms with Crippen molar-refractivity contribution in [3.05, 3.63) is 34.6 Å². The molecule has 0 saturated heterocycles. The number of carbonyl (C=O) groups excluding carboxylic acids is 1. The summed E-state index contributed by atoms with van der Waals surface area (Å²) >= 11 is 1.39. The summed E-state index contributed by atoms with van der Waals surface area (Å²) in [6, 6.07) is 4.47. The summed E-state index contributed by atoms with van der Waals surface area (Å²) < 4.78 is 18.5. The summed E-state index contributed by atoms with van der Waals surface area (Å²) in [5.41, 5.74) is 0.575. The largest absolute Gasteiger partial charge is 0.494 e. The maximum Gasteiger partial charge on any atom is 0.230 e. The molecule has 1 aromatic carbocycles. The molecule has 1 heterocycles. The van der Waals surface area contributed by atoms with E-state index in [0.29, 0.717) is 16.6 Å². The molecule has 0 atom stereocenters. The highest BCUT2D eigenvalue weighted by molar-refractivity contribution is 7.15. The highest BCUT2D eigenvalue weighted by atomic mass is 32.1. The Balaban J connectivity index is 1.98. The lowest BCUT2D eigenvalue weighted by Crippen LogP contribution is -2.14. The summed E-state index contributed by atoms with van der Waals surface area (Å²) in [6.07, 6.45) is 2.05. The van der Waals surface area contributed by atoms with Gasteiger partial charge in [-0.1, -0.05) is 31.3 Å². The number of rotatable bonds is 7. The Morgan fingerprint density at radius 1 is 1.35 bits per heavy atom. The zero-order valence-corrected chi connectivity index (χ0v) is 14.2. The minimum atomic E-state index is -0.482. The highest BCUT2D eigenvalue weighted by Gasteiger charge is 2.15. The van der Waals surface area contributed by atoms with E-state index < -0.39 is 5.82 Å². The van der Waals surface area contributed by atoms with Gasteiger partial charge >= 0.3 is 0 Å². The molecule has 0 spiro atoms. The molecular weight excluding hydrogens is 317 g/mol. The third-order valence-corrected chi connectivity index (χ3v) is 4.60. The Kier molecular flexibility index (Phi) is 6.04. The molecule has 23 heavy (non-hydrogen) atoms.